The molecule has 0 saturated carbocycles. The van der Waals surface area contributed by atoms with E-state index in [1.54, 1.807) is 18.2 Å². The van der Waals surface area contributed by atoms with E-state index in [-0.39, 0.29) is 11.0 Å². The van der Waals surface area contributed by atoms with Gasteiger partial charge in [-0.25, -0.2) is 14.8 Å². The summed E-state index contributed by atoms with van der Waals surface area (Å²) in [5.74, 6) is -1.12. The predicted octanol–water partition coefficient (Wildman–Crippen LogP) is 2.74. The maximum absolute atomic E-state index is 10.9. The third kappa shape index (κ3) is 1.93. The van der Waals surface area contributed by atoms with Crippen molar-refractivity contribution in [3.63, 3.8) is 0 Å². The first-order chi connectivity index (χ1) is 7.08. The van der Waals surface area contributed by atoms with Crippen LogP contribution >= 0.6 is 27.5 Å². The molecule has 0 atom stereocenters. The Bertz CT molecular complexity index is 554. The highest BCUT2D eigenvalue weighted by molar-refractivity contribution is 9.10. The summed E-state index contributed by atoms with van der Waals surface area (Å²) < 4.78 is 0.807. The zero-order chi connectivity index (χ0) is 11.0. The van der Waals surface area contributed by atoms with Crippen LogP contribution in [-0.2, 0) is 0 Å². The Morgan fingerprint density at radius 3 is 2.80 bits per heavy atom. The molecule has 0 saturated heterocycles. The van der Waals surface area contributed by atoms with Crippen LogP contribution in [0.25, 0.3) is 10.9 Å². The molecule has 1 aromatic heterocycles. The summed E-state index contributed by atoms with van der Waals surface area (Å²) >= 11 is 8.89. The number of aromatic carboxylic acids is 1. The summed E-state index contributed by atoms with van der Waals surface area (Å²) in [6, 6.07) is 5.06. The van der Waals surface area contributed by atoms with Gasteiger partial charge in [-0.2, -0.15) is 0 Å². The van der Waals surface area contributed by atoms with Gasteiger partial charge in [-0.3, -0.25) is 0 Å². The zero-order valence-electron chi connectivity index (χ0n) is 7.24. The molecule has 0 spiro atoms. The third-order valence-corrected chi connectivity index (χ3v) is 2.50. The van der Waals surface area contributed by atoms with E-state index in [9.17, 15) is 4.79 Å². The predicted molar refractivity (Wildman–Crippen MR) is 59.2 cm³/mol. The van der Waals surface area contributed by atoms with Crippen LogP contribution in [-0.4, -0.2) is 21.0 Å². The fourth-order valence-corrected chi connectivity index (χ4v) is 1.76. The minimum Gasteiger partial charge on any atom is -0.476 e. The van der Waals surface area contributed by atoms with Crippen molar-refractivity contribution in [1.82, 2.24) is 9.97 Å². The van der Waals surface area contributed by atoms with E-state index in [1.165, 1.54) is 0 Å². The van der Waals surface area contributed by atoms with Crippen LogP contribution in [0, 0.1) is 0 Å². The number of carbonyl (C=O) groups is 1. The van der Waals surface area contributed by atoms with Crippen molar-refractivity contribution >= 4 is 44.4 Å². The normalized spacial score (nSPS) is 10.5. The molecule has 0 fully saturated rings. The molecular formula is C9H4BrClN2O2. The monoisotopic (exact) mass is 286 g/mol. The summed E-state index contributed by atoms with van der Waals surface area (Å²) in [5, 5.41) is 9.31. The molecule has 4 nitrogen and oxygen atoms in total. The van der Waals surface area contributed by atoms with Gasteiger partial charge in [0.25, 0.3) is 0 Å². The van der Waals surface area contributed by atoms with Crippen molar-refractivity contribution in [3.8, 4) is 0 Å². The fourth-order valence-electron chi connectivity index (χ4n) is 1.24. The number of hydrogen-bond acceptors (Lipinski definition) is 3. The molecule has 15 heavy (non-hydrogen) atoms. The van der Waals surface area contributed by atoms with Gasteiger partial charge in [0.15, 0.2) is 5.69 Å². The molecule has 1 aromatic carbocycles. The van der Waals surface area contributed by atoms with Gasteiger partial charge in [-0.15, -0.1) is 0 Å². The lowest BCUT2D eigenvalue weighted by atomic mass is 10.2. The van der Waals surface area contributed by atoms with Gasteiger partial charge in [-0.1, -0.05) is 15.9 Å². The minimum atomic E-state index is -1.12. The van der Waals surface area contributed by atoms with Crippen LogP contribution in [0.2, 0.25) is 5.28 Å². The smallest absolute Gasteiger partial charge is 0.355 e. The standard InChI is InChI=1S/C9H4BrClN2O2/c10-4-1-2-5-6(3-4)12-9(11)13-7(5)8(14)15/h1-3H,(H,14,15). The number of benzene rings is 1. The van der Waals surface area contributed by atoms with Gasteiger partial charge in [0.1, 0.15) is 0 Å². The van der Waals surface area contributed by atoms with Crippen LogP contribution in [0.15, 0.2) is 22.7 Å². The van der Waals surface area contributed by atoms with E-state index in [1.807, 2.05) is 0 Å². The van der Waals surface area contributed by atoms with Crippen molar-refractivity contribution in [2.45, 2.75) is 0 Å². The molecule has 76 valence electrons. The molecule has 6 heteroatoms. The maximum Gasteiger partial charge on any atom is 0.355 e. The van der Waals surface area contributed by atoms with Crippen molar-refractivity contribution in [3.05, 3.63) is 33.6 Å². The Kier molecular flexibility index (Phi) is 2.58. The Hall–Kier alpha value is -1.20. The fraction of sp³-hybridized carbons (Fsp3) is 0. The lowest BCUT2D eigenvalue weighted by molar-refractivity contribution is 0.0692. The molecule has 0 aliphatic heterocycles. The highest BCUT2D eigenvalue weighted by atomic mass is 79.9. The second-order valence-electron chi connectivity index (χ2n) is 2.81. The second-order valence-corrected chi connectivity index (χ2v) is 4.06. The second kappa shape index (κ2) is 3.75. The molecule has 0 radical (unpaired) electrons. The van der Waals surface area contributed by atoms with Crippen LogP contribution in [0.4, 0.5) is 0 Å². The molecule has 0 aliphatic carbocycles. The third-order valence-electron chi connectivity index (χ3n) is 1.83. The SMILES string of the molecule is O=C(O)c1nc(Cl)nc2cc(Br)ccc12. The van der Waals surface area contributed by atoms with Crippen LogP contribution in [0.3, 0.4) is 0 Å². The van der Waals surface area contributed by atoms with Crippen molar-refractivity contribution in [2.24, 2.45) is 0 Å². The maximum atomic E-state index is 10.9. The van der Waals surface area contributed by atoms with Gasteiger partial charge in [0, 0.05) is 9.86 Å². The highest BCUT2D eigenvalue weighted by Crippen LogP contribution is 2.21. The van der Waals surface area contributed by atoms with Crippen molar-refractivity contribution < 1.29 is 9.90 Å². The van der Waals surface area contributed by atoms with E-state index in [2.05, 4.69) is 25.9 Å². The van der Waals surface area contributed by atoms with E-state index < -0.39 is 5.97 Å². The van der Waals surface area contributed by atoms with Crippen molar-refractivity contribution in [2.75, 3.05) is 0 Å². The Morgan fingerprint density at radius 2 is 2.13 bits per heavy atom. The van der Waals surface area contributed by atoms with Gasteiger partial charge < -0.3 is 5.11 Å². The summed E-state index contributed by atoms with van der Waals surface area (Å²) in [6.07, 6.45) is 0. The average Bonchev–Trinajstić information content (AvgIpc) is 2.15. The summed E-state index contributed by atoms with van der Waals surface area (Å²) in [6.45, 7) is 0. The number of rotatable bonds is 1. The highest BCUT2D eigenvalue weighted by Gasteiger charge is 2.12. The molecule has 2 aromatic rings. The molecular weight excluding hydrogens is 283 g/mol. The first-order valence-electron chi connectivity index (χ1n) is 3.94. The molecule has 1 heterocycles. The molecule has 0 bridgehead atoms. The Labute approximate surface area is 98.0 Å². The van der Waals surface area contributed by atoms with Crippen molar-refractivity contribution in [1.29, 1.82) is 0 Å². The van der Waals surface area contributed by atoms with Gasteiger partial charge in [0.05, 0.1) is 5.52 Å². The first-order valence-corrected chi connectivity index (χ1v) is 5.11. The molecule has 0 aliphatic rings. The Balaban J connectivity index is 2.86. The van der Waals surface area contributed by atoms with Gasteiger partial charge >= 0.3 is 5.97 Å². The number of aromatic nitrogens is 2. The number of nitrogens with zero attached hydrogens (tertiary/aromatic N) is 2. The number of fused-ring (bicyclic) bond motifs is 1. The van der Waals surface area contributed by atoms with Gasteiger partial charge in [-0.05, 0) is 29.8 Å². The van der Waals surface area contributed by atoms with E-state index in [4.69, 9.17) is 16.7 Å². The lowest BCUT2D eigenvalue weighted by Gasteiger charge is -2.02. The summed E-state index contributed by atoms with van der Waals surface area (Å²) in [4.78, 5) is 18.5. The number of carboxylic acids is 1. The van der Waals surface area contributed by atoms with Crippen LogP contribution in [0.1, 0.15) is 10.5 Å². The molecule has 0 amide bonds. The molecule has 0 unspecified atom stereocenters. The quantitative estimate of drug-likeness (QED) is 0.819. The summed E-state index contributed by atoms with van der Waals surface area (Å²) in [7, 11) is 0. The van der Waals surface area contributed by atoms with Crippen LogP contribution < -0.4 is 0 Å². The zero-order valence-corrected chi connectivity index (χ0v) is 9.58. The average molecular weight is 288 g/mol. The van der Waals surface area contributed by atoms with E-state index >= 15 is 0 Å². The molecule has 2 rings (SSSR count). The first kappa shape index (κ1) is 10.3. The van der Waals surface area contributed by atoms with Crippen LogP contribution in [0.5, 0.6) is 0 Å². The summed E-state index contributed by atoms with van der Waals surface area (Å²) in [5.41, 5.74) is 0.416. The van der Waals surface area contributed by atoms with E-state index in [0.29, 0.717) is 10.9 Å². The number of carboxylic acid groups (broad SMARTS) is 1. The number of hydrogen-bond donors (Lipinski definition) is 1. The van der Waals surface area contributed by atoms with Gasteiger partial charge in [0.2, 0.25) is 5.28 Å². The largest absolute Gasteiger partial charge is 0.476 e. The molecule has 1 N–H and O–H groups in total. The Morgan fingerprint density at radius 1 is 1.40 bits per heavy atom. The minimum absolute atomic E-state index is 0.0713. The lowest BCUT2D eigenvalue weighted by Crippen LogP contribution is -2.03. The topological polar surface area (TPSA) is 63.1 Å². The van der Waals surface area contributed by atoms with E-state index in [0.717, 1.165) is 4.47 Å². The number of halogens is 2.